The van der Waals surface area contributed by atoms with Crippen LogP contribution in [0.2, 0.25) is 0 Å². The topological polar surface area (TPSA) is 58.7 Å². The lowest BCUT2D eigenvalue weighted by molar-refractivity contribution is -0.146. The molecule has 0 aromatic heterocycles. The largest absolute Gasteiger partial charge is 0.393 e. The number of nitrogens with two attached hydrogens (primary N) is 1. The first-order chi connectivity index (χ1) is 7.74. The Bertz CT molecular complexity index is 221. The van der Waals surface area contributed by atoms with Crippen LogP contribution in [-0.4, -0.2) is 54.5 Å². The van der Waals surface area contributed by atoms with Gasteiger partial charge in [-0.2, -0.15) is 0 Å². The van der Waals surface area contributed by atoms with Gasteiger partial charge in [0, 0.05) is 19.6 Å². The third-order valence-corrected chi connectivity index (χ3v) is 3.76. The Balaban J connectivity index is 1.89. The molecule has 16 heavy (non-hydrogen) atoms. The van der Waals surface area contributed by atoms with Crippen molar-refractivity contribution in [3.8, 4) is 0 Å². The van der Waals surface area contributed by atoms with E-state index in [1.165, 1.54) is 6.42 Å². The predicted octanol–water partition coefficient (Wildman–Crippen LogP) is 0.341. The molecule has 2 aliphatic rings. The Hall–Kier alpha value is -0.160. The average Bonchev–Trinajstić information content (AvgIpc) is 2.26. The maximum atomic E-state index is 9.77. The molecule has 0 amide bonds. The van der Waals surface area contributed by atoms with Gasteiger partial charge in [0.25, 0.3) is 0 Å². The Morgan fingerprint density at radius 3 is 3.12 bits per heavy atom. The van der Waals surface area contributed by atoms with Crippen molar-refractivity contribution in [1.82, 2.24) is 4.90 Å². The number of hydrogen-bond donors (Lipinski definition) is 2. The maximum Gasteiger partial charge on any atom is 0.0833 e. The second-order valence-corrected chi connectivity index (χ2v) is 5.20. The first kappa shape index (κ1) is 12.3. The van der Waals surface area contributed by atoms with Crippen LogP contribution in [0.4, 0.5) is 0 Å². The van der Waals surface area contributed by atoms with Crippen LogP contribution in [0.5, 0.6) is 0 Å². The van der Waals surface area contributed by atoms with Crippen molar-refractivity contribution in [1.29, 1.82) is 0 Å². The summed E-state index contributed by atoms with van der Waals surface area (Å²) in [6.07, 6.45) is 4.78. The maximum absolute atomic E-state index is 9.77. The first-order valence-electron chi connectivity index (χ1n) is 6.49. The highest BCUT2D eigenvalue weighted by Gasteiger charge is 2.40. The van der Waals surface area contributed by atoms with Crippen LogP contribution in [0.1, 0.15) is 32.1 Å². The lowest BCUT2D eigenvalue weighted by atomic mass is 9.84. The predicted molar refractivity (Wildman–Crippen MR) is 63.3 cm³/mol. The van der Waals surface area contributed by atoms with E-state index in [0.29, 0.717) is 6.61 Å². The molecule has 0 aliphatic carbocycles. The molecule has 2 aliphatic heterocycles. The van der Waals surface area contributed by atoms with Gasteiger partial charge < -0.3 is 20.5 Å². The minimum atomic E-state index is -0.164. The van der Waals surface area contributed by atoms with Gasteiger partial charge in [0.1, 0.15) is 0 Å². The van der Waals surface area contributed by atoms with E-state index in [2.05, 4.69) is 4.90 Å². The number of aliphatic hydroxyl groups is 1. The van der Waals surface area contributed by atoms with Crippen LogP contribution in [-0.2, 0) is 4.74 Å². The van der Waals surface area contributed by atoms with Crippen molar-refractivity contribution >= 4 is 0 Å². The number of likely N-dealkylation sites (tertiary alicyclic amines) is 1. The summed E-state index contributed by atoms with van der Waals surface area (Å²) < 4.78 is 5.95. The summed E-state index contributed by atoms with van der Waals surface area (Å²) in [6, 6.07) is 0. The molecule has 0 radical (unpaired) electrons. The molecular formula is C12H24N2O2. The van der Waals surface area contributed by atoms with Crippen molar-refractivity contribution in [2.45, 2.75) is 43.8 Å². The van der Waals surface area contributed by atoms with Gasteiger partial charge >= 0.3 is 0 Å². The van der Waals surface area contributed by atoms with Crippen LogP contribution >= 0.6 is 0 Å². The molecule has 94 valence electrons. The molecular weight excluding hydrogens is 204 g/mol. The summed E-state index contributed by atoms with van der Waals surface area (Å²) in [5.41, 5.74) is 5.47. The van der Waals surface area contributed by atoms with Crippen LogP contribution in [0.15, 0.2) is 0 Å². The van der Waals surface area contributed by atoms with Crippen molar-refractivity contribution in [3.05, 3.63) is 0 Å². The molecule has 2 fully saturated rings. The first-order valence-corrected chi connectivity index (χ1v) is 6.49. The molecule has 0 aromatic rings. The van der Waals surface area contributed by atoms with Crippen molar-refractivity contribution in [2.24, 2.45) is 5.73 Å². The standard InChI is InChI=1S/C12H24N2O2/c13-5-2-7-14-6-1-4-12(10-14)9-11(15)3-8-16-12/h11,15H,1-10,13H2/t11-,12-/m0/s1. The minimum absolute atomic E-state index is 0.0650. The highest BCUT2D eigenvalue weighted by Crippen LogP contribution is 2.33. The highest BCUT2D eigenvalue weighted by atomic mass is 16.5. The molecule has 0 bridgehead atoms. The summed E-state index contributed by atoms with van der Waals surface area (Å²) in [7, 11) is 0. The fourth-order valence-corrected chi connectivity index (χ4v) is 2.98. The number of rotatable bonds is 3. The van der Waals surface area contributed by atoms with Crippen molar-refractivity contribution in [3.63, 3.8) is 0 Å². The van der Waals surface area contributed by atoms with Gasteiger partial charge in [0.05, 0.1) is 11.7 Å². The molecule has 3 N–H and O–H groups in total. The highest BCUT2D eigenvalue weighted by molar-refractivity contribution is 4.93. The molecule has 4 nitrogen and oxygen atoms in total. The molecule has 2 atom stereocenters. The van der Waals surface area contributed by atoms with Gasteiger partial charge in [-0.25, -0.2) is 0 Å². The molecule has 2 saturated heterocycles. The minimum Gasteiger partial charge on any atom is -0.393 e. The average molecular weight is 228 g/mol. The Labute approximate surface area is 97.7 Å². The number of hydrogen-bond acceptors (Lipinski definition) is 4. The third kappa shape index (κ3) is 2.94. The molecule has 4 heteroatoms. The Kier molecular flexibility index (Phi) is 4.19. The molecule has 0 unspecified atom stereocenters. The lowest BCUT2D eigenvalue weighted by Crippen LogP contribution is -2.54. The van der Waals surface area contributed by atoms with E-state index in [0.717, 1.165) is 51.9 Å². The van der Waals surface area contributed by atoms with Crippen molar-refractivity contribution < 1.29 is 9.84 Å². The fraction of sp³-hybridized carbons (Fsp3) is 1.00. The normalized spacial score (nSPS) is 36.8. The van der Waals surface area contributed by atoms with E-state index in [1.54, 1.807) is 0 Å². The van der Waals surface area contributed by atoms with Gasteiger partial charge in [-0.05, 0) is 45.3 Å². The van der Waals surface area contributed by atoms with Crippen LogP contribution in [0, 0.1) is 0 Å². The quantitative estimate of drug-likeness (QED) is 0.731. The summed E-state index contributed by atoms with van der Waals surface area (Å²) in [5.74, 6) is 0. The fourth-order valence-electron chi connectivity index (χ4n) is 2.98. The van der Waals surface area contributed by atoms with E-state index in [1.807, 2.05) is 0 Å². The van der Waals surface area contributed by atoms with Gasteiger partial charge in [-0.3, -0.25) is 0 Å². The van der Waals surface area contributed by atoms with Crippen LogP contribution in [0.3, 0.4) is 0 Å². The van der Waals surface area contributed by atoms with E-state index in [4.69, 9.17) is 10.5 Å². The number of aliphatic hydroxyl groups excluding tert-OH is 1. The molecule has 0 aromatic carbocycles. The Morgan fingerprint density at radius 2 is 2.38 bits per heavy atom. The Morgan fingerprint density at radius 1 is 1.50 bits per heavy atom. The summed E-state index contributed by atoms with van der Waals surface area (Å²) >= 11 is 0. The SMILES string of the molecule is NCCCN1CCC[C@]2(C[C@@H](O)CCO2)C1. The number of ether oxygens (including phenoxy) is 1. The summed E-state index contributed by atoms with van der Waals surface area (Å²) in [4.78, 5) is 2.44. The number of piperidine rings is 1. The molecule has 2 rings (SSSR count). The molecule has 0 saturated carbocycles. The lowest BCUT2D eigenvalue weighted by Gasteiger charge is -2.46. The molecule has 2 heterocycles. The van der Waals surface area contributed by atoms with E-state index in [-0.39, 0.29) is 11.7 Å². The zero-order chi connectivity index (χ0) is 11.4. The van der Waals surface area contributed by atoms with Gasteiger partial charge in [-0.1, -0.05) is 0 Å². The van der Waals surface area contributed by atoms with Crippen LogP contribution in [0.25, 0.3) is 0 Å². The summed E-state index contributed by atoms with van der Waals surface area (Å²) in [5, 5.41) is 9.77. The number of nitrogens with zero attached hydrogens (tertiary/aromatic N) is 1. The molecule has 1 spiro atoms. The second-order valence-electron chi connectivity index (χ2n) is 5.20. The summed E-state index contributed by atoms with van der Waals surface area (Å²) in [6.45, 7) is 4.67. The zero-order valence-electron chi connectivity index (χ0n) is 10.0. The van der Waals surface area contributed by atoms with Crippen molar-refractivity contribution in [2.75, 3.05) is 32.8 Å². The monoisotopic (exact) mass is 228 g/mol. The zero-order valence-corrected chi connectivity index (χ0v) is 10.0. The van der Waals surface area contributed by atoms with Gasteiger partial charge in [0.15, 0.2) is 0 Å². The van der Waals surface area contributed by atoms with Crippen LogP contribution < -0.4 is 5.73 Å². The van der Waals surface area contributed by atoms with Gasteiger partial charge in [-0.15, -0.1) is 0 Å². The van der Waals surface area contributed by atoms with E-state index in [9.17, 15) is 5.11 Å². The smallest absolute Gasteiger partial charge is 0.0833 e. The third-order valence-electron chi connectivity index (χ3n) is 3.76. The van der Waals surface area contributed by atoms with E-state index >= 15 is 0 Å². The second kappa shape index (κ2) is 5.45. The van der Waals surface area contributed by atoms with Gasteiger partial charge in [0.2, 0.25) is 0 Å². The van der Waals surface area contributed by atoms with E-state index < -0.39 is 0 Å².